The minimum absolute atomic E-state index is 0.00137. The maximum Gasteiger partial charge on any atom is 0.357 e. The van der Waals surface area contributed by atoms with Gasteiger partial charge in [-0.2, -0.15) is 0 Å². The van der Waals surface area contributed by atoms with Crippen LogP contribution in [0.4, 0.5) is 0 Å². The molecule has 0 aliphatic carbocycles. The molecule has 3 atom stereocenters. The van der Waals surface area contributed by atoms with Crippen molar-refractivity contribution in [1.29, 1.82) is 0 Å². The fourth-order valence-corrected chi connectivity index (χ4v) is 8.22. The summed E-state index contributed by atoms with van der Waals surface area (Å²) in [6.07, 6.45) is 0.359. The van der Waals surface area contributed by atoms with Crippen molar-refractivity contribution in [2.75, 3.05) is 11.6 Å². The van der Waals surface area contributed by atoms with Crippen LogP contribution in [0.3, 0.4) is 0 Å². The van der Waals surface area contributed by atoms with Gasteiger partial charge in [-0.25, -0.2) is 4.79 Å². The van der Waals surface area contributed by atoms with Gasteiger partial charge in [0, 0.05) is 24.1 Å². The van der Waals surface area contributed by atoms with Crippen molar-refractivity contribution < 1.29 is 23.9 Å². The van der Waals surface area contributed by atoms with Gasteiger partial charge in [0.15, 0.2) is 6.10 Å². The van der Waals surface area contributed by atoms with E-state index < -0.39 is 29.4 Å². The first-order valence-corrected chi connectivity index (χ1v) is 18.7. The van der Waals surface area contributed by atoms with Crippen LogP contribution in [-0.4, -0.2) is 57.7 Å². The molecule has 0 saturated carbocycles. The van der Waals surface area contributed by atoms with E-state index in [1.165, 1.54) is 16.7 Å². The largest absolute Gasteiger partial charge is 0.448 e. The third-order valence-corrected chi connectivity index (χ3v) is 11.0. The summed E-state index contributed by atoms with van der Waals surface area (Å²) >= 11 is 13.8. The summed E-state index contributed by atoms with van der Waals surface area (Å²) in [6, 6.07) is 37.4. The second-order valence-electron chi connectivity index (χ2n) is 12.3. The van der Waals surface area contributed by atoms with E-state index in [0.29, 0.717) is 12.8 Å². The second-order valence-corrected chi connectivity index (χ2v) is 14.1. The average molecular weight is 743 g/mol. The van der Waals surface area contributed by atoms with Crippen LogP contribution in [0.25, 0.3) is 0 Å². The Balaban J connectivity index is 1.10. The summed E-state index contributed by atoms with van der Waals surface area (Å²) in [7, 11) is 0. The Hall–Kier alpha value is -4.57. The summed E-state index contributed by atoms with van der Waals surface area (Å²) in [4.78, 5) is 54.3. The van der Waals surface area contributed by atoms with Crippen LogP contribution in [0.2, 0.25) is 0 Å². The van der Waals surface area contributed by atoms with E-state index in [9.17, 15) is 19.2 Å². The highest BCUT2D eigenvalue weighted by Crippen LogP contribution is 2.42. The van der Waals surface area contributed by atoms with Gasteiger partial charge in [-0.05, 0) is 35.1 Å². The van der Waals surface area contributed by atoms with E-state index in [1.54, 1.807) is 0 Å². The first-order valence-electron chi connectivity index (χ1n) is 16.7. The van der Waals surface area contributed by atoms with Crippen molar-refractivity contribution >= 4 is 58.7 Å². The molecule has 0 bridgehead atoms. The van der Waals surface area contributed by atoms with E-state index in [4.69, 9.17) is 27.9 Å². The molecule has 0 aromatic heterocycles. The highest BCUT2D eigenvalue weighted by Gasteiger charge is 2.54. The zero-order valence-corrected chi connectivity index (χ0v) is 30.0. The van der Waals surface area contributed by atoms with Crippen molar-refractivity contribution in [3.05, 3.63) is 154 Å². The fraction of sp³-hybridized carbons (Fsp3) is 0.250. The number of alkyl halides is 1. The molecule has 2 heterocycles. The number of hydrogen-bond donors (Lipinski definition) is 2. The molecule has 2 aliphatic rings. The van der Waals surface area contributed by atoms with Crippen LogP contribution in [0.15, 0.2) is 132 Å². The lowest BCUT2D eigenvalue weighted by Crippen LogP contribution is -2.70. The number of thioether (sulfide) groups is 1. The lowest BCUT2D eigenvalue weighted by molar-refractivity contribution is -0.154. The lowest BCUT2D eigenvalue weighted by atomic mass is 9.82. The number of carbonyl (C=O) groups is 4. The Kier molecular flexibility index (Phi) is 12.1. The van der Waals surface area contributed by atoms with E-state index in [1.807, 2.05) is 121 Å². The predicted molar refractivity (Wildman–Crippen MR) is 200 cm³/mol. The molecule has 4 aromatic carbocycles. The molecule has 3 amide bonds. The van der Waals surface area contributed by atoms with Crippen LogP contribution in [0.1, 0.15) is 53.5 Å². The van der Waals surface area contributed by atoms with Crippen LogP contribution >= 0.6 is 35.0 Å². The number of amides is 3. The third kappa shape index (κ3) is 8.50. The molecule has 8 nitrogen and oxygen atoms in total. The van der Waals surface area contributed by atoms with Gasteiger partial charge in [0.2, 0.25) is 11.8 Å². The van der Waals surface area contributed by atoms with Gasteiger partial charge >= 0.3 is 5.97 Å². The molecule has 2 N–H and O–H groups in total. The Bertz CT molecular complexity index is 1790. The number of nitrogens with one attached hydrogen (secondary N) is 2. The van der Waals surface area contributed by atoms with Gasteiger partial charge < -0.3 is 15.4 Å². The van der Waals surface area contributed by atoms with Crippen LogP contribution in [0.5, 0.6) is 0 Å². The maximum atomic E-state index is 13.7. The number of β-lactam (4-membered cyclic amide) rings is 1. The summed E-state index contributed by atoms with van der Waals surface area (Å²) in [6.45, 7) is 0. The highest BCUT2D eigenvalue weighted by atomic mass is 35.5. The number of benzene rings is 4. The smallest absolute Gasteiger partial charge is 0.357 e. The molecule has 0 spiro atoms. The number of fused-ring (bicyclic) bond motifs is 1. The summed E-state index contributed by atoms with van der Waals surface area (Å²) in [5.74, 6) is -1.79. The maximum absolute atomic E-state index is 13.7. The molecular weight excluding hydrogens is 705 g/mol. The monoisotopic (exact) mass is 741 g/mol. The lowest BCUT2D eigenvalue weighted by Gasteiger charge is -2.49. The fourth-order valence-electron chi connectivity index (χ4n) is 6.59. The molecule has 51 heavy (non-hydrogen) atoms. The summed E-state index contributed by atoms with van der Waals surface area (Å²) < 4.78 is 6.03. The van der Waals surface area contributed by atoms with Gasteiger partial charge in [-0.1, -0.05) is 133 Å². The van der Waals surface area contributed by atoms with E-state index in [-0.39, 0.29) is 52.6 Å². The molecule has 262 valence electrons. The standard InChI is InChI=1S/C40H37Cl2N3O5S/c41-24-33(47)43-31(34(26-14-5-1-6-15-26)27-16-7-2-8-17-27)22-13-23-32(46)44-35-38(48)45-36(30(42)25-51-39(35)45)40(49)50-37(28-18-9-3-10-19-28)29-20-11-4-12-21-29/h1-12,14-21,31,34-35,37,39H,13,22-25H2,(H,43,47)(H,44,46). The zero-order chi connectivity index (χ0) is 35.7. The number of ether oxygens (including phenoxy) is 1. The number of rotatable bonds is 14. The van der Waals surface area contributed by atoms with E-state index in [2.05, 4.69) is 10.6 Å². The van der Waals surface area contributed by atoms with Crippen molar-refractivity contribution in [2.24, 2.45) is 0 Å². The number of hydrogen-bond acceptors (Lipinski definition) is 6. The normalized spacial score (nSPS) is 17.4. The highest BCUT2D eigenvalue weighted by molar-refractivity contribution is 8.00. The van der Waals surface area contributed by atoms with Crippen molar-refractivity contribution in [2.45, 2.75) is 48.7 Å². The summed E-state index contributed by atoms with van der Waals surface area (Å²) in [5.41, 5.74) is 3.61. The summed E-state index contributed by atoms with van der Waals surface area (Å²) in [5, 5.41) is 5.66. The van der Waals surface area contributed by atoms with E-state index >= 15 is 0 Å². The van der Waals surface area contributed by atoms with Crippen molar-refractivity contribution in [3.63, 3.8) is 0 Å². The van der Waals surface area contributed by atoms with Gasteiger partial charge in [0.05, 0.1) is 5.03 Å². The Morgan fingerprint density at radius 1 is 0.784 bits per heavy atom. The third-order valence-electron chi connectivity index (χ3n) is 8.97. The van der Waals surface area contributed by atoms with Gasteiger partial charge in [-0.3, -0.25) is 19.3 Å². The first-order chi connectivity index (χ1) is 24.9. The predicted octanol–water partition coefficient (Wildman–Crippen LogP) is 6.90. The SMILES string of the molecule is O=C(CCl)NC(CCCC(=O)NC1C(=O)N2C(C(=O)OC(c3ccccc3)c3ccccc3)=C(Cl)CSC12)C(c1ccccc1)c1ccccc1. The Morgan fingerprint density at radius 3 is 1.80 bits per heavy atom. The van der Waals surface area contributed by atoms with Gasteiger partial charge in [0.1, 0.15) is 23.0 Å². The minimum atomic E-state index is -0.817. The van der Waals surface area contributed by atoms with Crippen LogP contribution in [0, 0.1) is 0 Å². The number of nitrogens with zero attached hydrogens (tertiary/aromatic N) is 1. The molecule has 1 saturated heterocycles. The number of halogens is 2. The molecule has 3 unspecified atom stereocenters. The molecule has 2 aliphatic heterocycles. The second kappa shape index (κ2) is 17.1. The molecule has 11 heteroatoms. The van der Waals surface area contributed by atoms with Gasteiger partial charge in [0.25, 0.3) is 5.91 Å². The van der Waals surface area contributed by atoms with Gasteiger partial charge in [-0.15, -0.1) is 23.4 Å². The van der Waals surface area contributed by atoms with Crippen LogP contribution < -0.4 is 10.6 Å². The molecule has 6 rings (SSSR count). The average Bonchev–Trinajstić information content (AvgIpc) is 3.17. The van der Waals surface area contributed by atoms with Crippen molar-refractivity contribution in [3.8, 4) is 0 Å². The van der Waals surface area contributed by atoms with Crippen molar-refractivity contribution in [1.82, 2.24) is 15.5 Å². The Labute approximate surface area is 311 Å². The minimum Gasteiger partial charge on any atom is -0.448 e. The molecule has 0 radical (unpaired) electrons. The number of esters is 1. The topological polar surface area (TPSA) is 105 Å². The number of carbonyl (C=O) groups excluding carboxylic acids is 4. The quantitative estimate of drug-likeness (QED) is 0.0829. The van der Waals surface area contributed by atoms with E-state index in [0.717, 1.165) is 22.3 Å². The first kappa shape index (κ1) is 36.2. The molecular formula is C40H37Cl2N3O5S. The zero-order valence-electron chi connectivity index (χ0n) is 27.6. The Morgan fingerprint density at radius 2 is 1.29 bits per heavy atom. The molecule has 1 fully saturated rings. The van der Waals surface area contributed by atoms with Crippen LogP contribution in [-0.2, 0) is 23.9 Å². The molecule has 4 aromatic rings.